The smallest absolute Gasteiger partial charge is 0.358 e. The number of nitrogens with zero attached hydrogens (tertiary/aromatic N) is 2. The molecule has 2 aromatic rings. The van der Waals surface area contributed by atoms with Gasteiger partial charge in [-0.25, -0.2) is 9.78 Å². The molecule has 90 valence electrons. The fourth-order valence-electron chi connectivity index (χ4n) is 1.65. The summed E-state index contributed by atoms with van der Waals surface area (Å²) >= 11 is 5.90. The number of pyridine rings is 1. The number of fused-ring (bicyclic) bond motifs is 1. The molecule has 0 spiro atoms. The molecular formula is C11H12ClN3O2. The summed E-state index contributed by atoms with van der Waals surface area (Å²) in [4.78, 5) is 15.8. The van der Waals surface area contributed by atoms with Crippen LogP contribution in [0.3, 0.4) is 0 Å². The summed E-state index contributed by atoms with van der Waals surface area (Å²) in [6.45, 7) is 1.80. The Morgan fingerprint density at radius 1 is 1.65 bits per heavy atom. The number of hydrogen-bond donors (Lipinski definition) is 1. The Balaban J connectivity index is 2.75. The Hall–Kier alpha value is -1.59. The summed E-state index contributed by atoms with van der Waals surface area (Å²) in [5, 5.41) is 0.527. The molecule has 0 saturated heterocycles. The third kappa shape index (κ3) is 1.99. The van der Waals surface area contributed by atoms with E-state index in [0.29, 0.717) is 16.4 Å². The van der Waals surface area contributed by atoms with Gasteiger partial charge in [0.1, 0.15) is 5.82 Å². The Morgan fingerprint density at radius 3 is 2.94 bits per heavy atom. The molecule has 1 atom stereocenters. The highest BCUT2D eigenvalue weighted by molar-refractivity contribution is 6.31. The maximum absolute atomic E-state index is 11.6. The number of aromatic nitrogens is 2. The number of carbonyl (C=O) groups is 1. The van der Waals surface area contributed by atoms with Gasteiger partial charge in [-0.3, -0.25) is 0 Å². The molecule has 0 saturated carbocycles. The minimum Gasteiger partial charge on any atom is -0.464 e. The van der Waals surface area contributed by atoms with Gasteiger partial charge in [0, 0.05) is 11.2 Å². The average molecular weight is 254 g/mol. The number of esters is 1. The van der Waals surface area contributed by atoms with Crippen LogP contribution in [0.5, 0.6) is 0 Å². The molecule has 0 aromatic carbocycles. The van der Waals surface area contributed by atoms with Crippen molar-refractivity contribution in [3.63, 3.8) is 0 Å². The van der Waals surface area contributed by atoms with Gasteiger partial charge in [0.25, 0.3) is 0 Å². The van der Waals surface area contributed by atoms with Gasteiger partial charge in [-0.1, -0.05) is 11.6 Å². The van der Waals surface area contributed by atoms with Crippen molar-refractivity contribution in [2.75, 3.05) is 7.11 Å². The van der Waals surface area contributed by atoms with E-state index in [4.69, 9.17) is 17.3 Å². The Labute approximate surface area is 103 Å². The topological polar surface area (TPSA) is 69.6 Å². The molecule has 1 unspecified atom stereocenters. The van der Waals surface area contributed by atoms with E-state index in [1.54, 1.807) is 29.7 Å². The van der Waals surface area contributed by atoms with E-state index in [-0.39, 0.29) is 11.7 Å². The van der Waals surface area contributed by atoms with Gasteiger partial charge in [0.2, 0.25) is 0 Å². The van der Waals surface area contributed by atoms with Gasteiger partial charge in [0.05, 0.1) is 18.7 Å². The number of hydrogen-bond acceptors (Lipinski definition) is 4. The molecule has 5 nitrogen and oxygen atoms in total. The molecule has 0 bridgehead atoms. The van der Waals surface area contributed by atoms with Crippen LogP contribution in [-0.4, -0.2) is 22.5 Å². The van der Waals surface area contributed by atoms with Crippen LogP contribution < -0.4 is 5.73 Å². The second kappa shape index (κ2) is 4.35. The molecule has 0 amide bonds. The maximum atomic E-state index is 11.6. The molecule has 6 heteroatoms. The first-order valence-electron chi connectivity index (χ1n) is 5.06. The van der Waals surface area contributed by atoms with Crippen molar-refractivity contribution >= 4 is 23.1 Å². The molecule has 0 aliphatic rings. The van der Waals surface area contributed by atoms with Crippen molar-refractivity contribution in [1.29, 1.82) is 0 Å². The number of carbonyl (C=O) groups excluding carboxylic acids is 1. The summed E-state index contributed by atoms with van der Waals surface area (Å²) in [6.07, 6.45) is 1.73. The number of ether oxygens (including phenoxy) is 1. The van der Waals surface area contributed by atoms with Crippen molar-refractivity contribution in [3.8, 4) is 0 Å². The van der Waals surface area contributed by atoms with Crippen molar-refractivity contribution in [2.24, 2.45) is 5.73 Å². The SMILES string of the molecule is COC(=O)c1nc(C(C)N)n2ccc(Cl)cc12. The van der Waals surface area contributed by atoms with Crippen LogP contribution in [0.4, 0.5) is 0 Å². The minimum absolute atomic E-state index is 0.224. The first-order chi connectivity index (χ1) is 8.04. The second-order valence-electron chi connectivity index (χ2n) is 3.70. The van der Waals surface area contributed by atoms with Gasteiger partial charge >= 0.3 is 5.97 Å². The molecule has 0 aliphatic carbocycles. The first-order valence-corrected chi connectivity index (χ1v) is 5.43. The highest BCUT2D eigenvalue weighted by Gasteiger charge is 2.19. The molecule has 0 aliphatic heterocycles. The zero-order chi connectivity index (χ0) is 12.6. The molecule has 2 heterocycles. The summed E-state index contributed by atoms with van der Waals surface area (Å²) in [7, 11) is 1.31. The van der Waals surface area contributed by atoms with E-state index in [1.165, 1.54) is 7.11 Å². The van der Waals surface area contributed by atoms with E-state index in [2.05, 4.69) is 9.72 Å². The monoisotopic (exact) mass is 253 g/mol. The van der Waals surface area contributed by atoms with Crippen molar-refractivity contribution < 1.29 is 9.53 Å². The van der Waals surface area contributed by atoms with Crippen LogP contribution in [0.25, 0.3) is 5.52 Å². The zero-order valence-corrected chi connectivity index (χ0v) is 10.2. The lowest BCUT2D eigenvalue weighted by atomic mass is 10.3. The van der Waals surface area contributed by atoms with E-state index in [1.807, 2.05) is 0 Å². The fraction of sp³-hybridized carbons (Fsp3) is 0.273. The predicted molar refractivity (Wildman–Crippen MR) is 64.1 cm³/mol. The van der Waals surface area contributed by atoms with Crippen LogP contribution in [-0.2, 0) is 4.74 Å². The highest BCUT2D eigenvalue weighted by atomic mass is 35.5. The molecular weight excluding hydrogens is 242 g/mol. The molecule has 2 aromatic heterocycles. The van der Waals surface area contributed by atoms with E-state index >= 15 is 0 Å². The van der Waals surface area contributed by atoms with Gasteiger partial charge in [-0.15, -0.1) is 0 Å². The van der Waals surface area contributed by atoms with E-state index < -0.39 is 5.97 Å². The van der Waals surface area contributed by atoms with Crippen LogP contribution in [0.2, 0.25) is 5.02 Å². The second-order valence-corrected chi connectivity index (χ2v) is 4.14. The Bertz CT molecular complexity index is 577. The zero-order valence-electron chi connectivity index (χ0n) is 9.48. The molecule has 2 N–H and O–H groups in total. The fourth-order valence-corrected chi connectivity index (χ4v) is 1.81. The number of methoxy groups -OCH3 is 1. The lowest BCUT2D eigenvalue weighted by Crippen LogP contribution is -2.09. The van der Waals surface area contributed by atoms with Gasteiger partial charge in [0.15, 0.2) is 5.69 Å². The van der Waals surface area contributed by atoms with Crippen LogP contribution in [0.15, 0.2) is 18.3 Å². The number of halogens is 1. The molecule has 0 fully saturated rings. The highest BCUT2D eigenvalue weighted by Crippen LogP contribution is 2.21. The number of nitrogens with two attached hydrogens (primary N) is 1. The Morgan fingerprint density at radius 2 is 2.35 bits per heavy atom. The largest absolute Gasteiger partial charge is 0.464 e. The normalized spacial score (nSPS) is 12.7. The summed E-state index contributed by atoms with van der Waals surface area (Å²) < 4.78 is 6.42. The molecule has 0 radical (unpaired) electrons. The minimum atomic E-state index is -0.503. The lowest BCUT2D eigenvalue weighted by molar-refractivity contribution is 0.0597. The van der Waals surface area contributed by atoms with Crippen LogP contribution in [0, 0.1) is 0 Å². The molecule has 2 rings (SSSR count). The summed E-state index contributed by atoms with van der Waals surface area (Å²) in [6, 6.07) is 3.08. The van der Waals surface area contributed by atoms with Crippen molar-refractivity contribution in [3.05, 3.63) is 34.9 Å². The third-order valence-electron chi connectivity index (χ3n) is 2.42. The lowest BCUT2D eigenvalue weighted by Gasteiger charge is -2.03. The summed E-state index contributed by atoms with van der Waals surface area (Å²) in [5.41, 5.74) is 6.62. The van der Waals surface area contributed by atoms with E-state index in [9.17, 15) is 4.79 Å². The average Bonchev–Trinajstić information content (AvgIpc) is 2.66. The number of imidazole rings is 1. The quantitative estimate of drug-likeness (QED) is 0.829. The first kappa shape index (κ1) is 11.9. The van der Waals surface area contributed by atoms with Crippen molar-refractivity contribution in [2.45, 2.75) is 13.0 Å². The van der Waals surface area contributed by atoms with Gasteiger partial charge in [-0.2, -0.15) is 0 Å². The third-order valence-corrected chi connectivity index (χ3v) is 2.65. The predicted octanol–water partition coefficient (Wildman–Crippen LogP) is 1.79. The summed E-state index contributed by atoms with van der Waals surface area (Å²) in [5.74, 6) is 0.0914. The van der Waals surface area contributed by atoms with Gasteiger partial charge in [-0.05, 0) is 19.1 Å². The standard InChI is InChI=1S/C11H12ClN3O2/c1-6(13)10-14-9(11(16)17-2)8-5-7(12)3-4-15(8)10/h3-6H,13H2,1-2H3. The van der Waals surface area contributed by atoms with E-state index in [0.717, 1.165) is 0 Å². The van der Waals surface area contributed by atoms with Gasteiger partial charge < -0.3 is 14.9 Å². The van der Waals surface area contributed by atoms with Crippen LogP contribution in [0.1, 0.15) is 29.3 Å². The van der Waals surface area contributed by atoms with Crippen LogP contribution >= 0.6 is 11.6 Å². The number of rotatable bonds is 2. The molecule has 17 heavy (non-hydrogen) atoms. The van der Waals surface area contributed by atoms with Crippen molar-refractivity contribution in [1.82, 2.24) is 9.38 Å². The Kier molecular flexibility index (Phi) is 3.04. The maximum Gasteiger partial charge on any atom is 0.358 e.